The molecule has 112 valence electrons. The summed E-state index contributed by atoms with van der Waals surface area (Å²) in [6.07, 6.45) is 2.21. The van der Waals surface area contributed by atoms with Crippen LogP contribution in [0.5, 0.6) is 5.75 Å². The molecular weight excluding hydrogens is 256 g/mol. The van der Waals surface area contributed by atoms with Crippen molar-refractivity contribution in [2.45, 2.75) is 26.7 Å². The van der Waals surface area contributed by atoms with E-state index < -0.39 is 0 Å². The van der Waals surface area contributed by atoms with Gasteiger partial charge in [-0.1, -0.05) is 13.3 Å². The first-order valence-electron chi connectivity index (χ1n) is 6.94. The zero-order valence-corrected chi connectivity index (χ0v) is 12.5. The third-order valence-electron chi connectivity index (χ3n) is 2.69. The van der Waals surface area contributed by atoms with Gasteiger partial charge in [0.1, 0.15) is 12.4 Å². The molecule has 1 aromatic rings. The van der Waals surface area contributed by atoms with Crippen LogP contribution in [0.25, 0.3) is 0 Å². The predicted octanol–water partition coefficient (Wildman–Crippen LogP) is 2.88. The highest BCUT2D eigenvalue weighted by Crippen LogP contribution is 2.28. The third kappa shape index (κ3) is 5.93. The Morgan fingerprint density at radius 1 is 1.30 bits per heavy atom. The van der Waals surface area contributed by atoms with Gasteiger partial charge >= 0.3 is 0 Å². The number of anilines is 2. The zero-order chi connectivity index (χ0) is 14.8. The maximum absolute atomic E-state index is 11.1. The van der Waals surface area contributed by atoms with Gasteiger partial charge in [0.15, 0.2) is 0 Å². The number of carbonyl (C=O) groups excluding carboxylic acids is 1. The number of ether oxygens (including phenoxy) is 2. The minimum Gasteiger partial charge on any atom is -0.489 e. The fraction of sp³-hybridized carbons (Fsp3) is 0.533. The molecule has 0 radical (unpaired) electrons. The molecule has 0 heterocycles. The van der Waals surface area contributed by atoms with Crippen LogP contribution in [-0.4, -0.2) is 32.8 Å². The number of amides is 1. The standard InChI is InChI=1S/C15H24N2O3/c1-4-5-8-16-14-11-13(17-12(2)18)6-7-15(14)20-10-9-19-3/h6-7,11,16H,4-5,8-10H2,1-3H3,(H,17,18). The molecule has 1 rings (SSSR count). The summed E-state index contributed by atoms with van der Waals surface area (Å²) in [6, 6.07) is 5.57. The number of nitrogens with one attached hydrogen (secondary N) is 2. The second-order valence-electron chi connectivity index (χ2n) is 4.51. The van der Waals surface area contributed by atoms with Crippen LogP contribution in [0.15, 0.2) is 18.2 Å². The molecule has 0 fully saturated rings. The van der Waals surface area contributed by atoms with E-state index in [4.69, 9.17) is 9.47 Å². The van der Waals surface area contributed by atoms with Gasteiger partial charge in [-0.2, -0.15) is 0 Å². The number of benzene rings is 1. The van der Waals surface area contributed by atoms with E-state index >= 15 is 0 Å². The highest BCUT2D eigenvalue weighted by molar-refractivity contribution is 5.89. The smallest absolute Gasteiger partial charge is 0.221 e. The van der Waals surface area contributed by atoms with E-state index in [0.29, 0.717) is 13.2 Å². The summed E-state index contributed by atoms with van der Waals surface area (Å²) in [6.45, 7) is 5.56. The van der Waals surface area contributed by atoms with Crippen molar-refractivity contribution in [1.82, 2.24) is 0 Å². The first-order valence-corrected chi connectivity index (χ1v) is 6.94. The SMILES string of the molecule is CCCCNc1cc(NC(C)=O)ccc1OCCOC. The Bertz CT molecular complexity index is 422. The summed E-state index contributed by atoms with van der Waals surface area (Å²) in [7, 11) is 1.64. The van der Waals surface area contributed by atoms with Gasteiger partial charge < -0.3 is 20.1 Å². The average Bonchev–Trinajstić information content (AvgIpc) is 2.41. The van der Waals surface area contributed by atoms with Crippen LogP contribution < -0.4 is 15.4 Å². The number of unbranched alkanes of at least 4 members (excludes halogenated alkanes) is 1. The Hall–Kier alpha value is -1.75. The average molecular weight is 280 g/mol. The lowest BCUT2D eigenvalue weighted by atomic mass is 10.2. The number of rotatable bonds is 9. The van der Waals surface area contributed by atoms with Crippen molar-refractivity contribution in [2.24, 2.45) is 0 Å². The summed E-state index contributed by atoms with van der Waals surface area (Å²) < 4.78 is 10.6. The highest BCUT2D eigenvalue weighted by atomic mass is 16.5. The fourth-order valence-electron chi connectivity index (χ4n) is 1.71. The zero-order valence-electron chi connectivity index (χ0n) is 12.5. The summed E-state index contributed by atoms with van der Waals surface area (Å²) in [5.41, 5.74) is 1.65. The normalized spacial score (nSPS) is 10.2. The minimum absolute atomic E-state index is 0.0856. The lowest BCUT2D eigenvalue weighted by Crippen LogP contribution is -2.10. The largest absolute Gasteiger partial charge is 0.489 e. The van der Waals surface area contributed by atoms with Crippen LogP contribution in [0.1, 0.15) is 26.7 Å². The molecule has 0 aromatic heterocycles. The predicted molar refractivity (Wildman–Crippen MR) is 81.5 cm³/mol. The Kier molecular flexibility index (Phi) is 7.50. The fourth-order valence-corrected chi connectivity index (χ4v) is 1.71. The van der Waals surface area contributed by atoms with Crippen molar-refractivity contribution in [2.75, 3.05) is 37.5 Å². The molecule has 20 heavy (non-hydrogen) atoms. The van der Waals surface area contributed by atoms with E-state index in [2.05, 4.69) is 17.6 Å². The second-order valence-corrected chi connectivity index (χ2v) is 4.51. The Balaban J connectivity index is 2.76. The van der Waals surface area contributed by atoms with Gasteiger partial charge in [0.05, 0.1) is 12.3 Å². The third-order valence-corrected chi connectivity index (χ3v) is 2.69. The van der Waals surface area contributed by atoms with Gasteiger partial charge in [-0.05, 0) is 24.6 Å². The number of methoxy groups -OCH3 is 1. The van der Waals surface area contributed by atoms with Crippen molar-refractivity contribution in [3.8, 4) is 5.75 Å². The molecule has 0 aliphatic carbocycles. The van der Waals surface area contributed by atoms with E-state index in [0.717, 1.165) is 36.5 Å². The van der Waals surface area contributed by atoms with Crippen molar-refractivity contribution in [1.29, 1.82) is 0 Å². The van der Waals surface area contributed by atoms with Crippen LogP contribution in [0.3, 0.4) is 0 Å². The molecule has 1 aromatic carbocycles. The first-order chi connectivity index (χ1) is 9.67. The lowest BCUT2D eigenvalue weighted by Gasteiger charge is -2.14. The molecule has 0 atom stereocenters. The minimum atomic E-state index is -0.0856. The molecule has 0 bridgehead atoms. The molecular formula is C15H24N2O3. The highest BCUT2D eigenvalue weighted by Gasteiger charge is 2.06. The molecule has 5 nitrogen and oxygen atoms in total. The number of carbonyl (C=O) groups is 1. The van der Waals surface area contributed by atoms with Crippen molar-refractivity contribution < 1.29 is 14.3 Å². The van der Waals surface area contributed by atoms with Gasteiger partial charge in [-0.3, -0.25) is 4.79 Å². The second kappa shape index (κ2) is 9.20. The molecule has 0 saturated heterocycles. The van der Waals surface area contributed by atoms with E-state index in [-0.39, 0.29) is 5.91 Å². The first kappa shape index (κ1) is 16.3. The van der Waals surface area contributed by atoms with Crippen LogP contribution >= 0.6 is 0 Å². The summed E-state index contributed by atoms with van der Waals surface area (Å²) in [5.74, 6) is 0.685. The lowest BCUT2D eigenvalue weighted by molar-refractivity contribution is -0.114. The van der Waals surface area contributed by atoms with Gasteiger partial charge in [0.2, 0.25) is 5.91 Å². The topological polar surface area (TPSA) is 59.6 Å². The van der Waals surface area contributed by atoms with Crippen LogP contribution in [0.4, 0.5) is 11.4 Å². The van der Waals surface area contributed by atoms with Gasteiger partial charge in [-0.25, -0.2) is 0 Å². The molecule has 0 spiro atoms. The molecule has 0 aliphatic heterocycles. The van der Waals surface area contributed by atoms with E-state index in [9.17, 15) is 4.79 Å². The Labute approximate surface area is 120 Å². The molecule has 0 saturated carbocycles. The molecule has 0 aliphatic rings. The maximum atomic E-state index is 11.1. The van der Waals surface area contributed by atoms with Crippen molar-refractivity contribution >= 4 is 17.3 Å². The van der Waals surface area contributed by atoms with Crippen molar-refractivity contribution in [3.63, 3.8) is 0 Å². The van der Waals surface area contributed by atoms with Crippen LogP contribution in [0.2, 0.25) is 0 Å². The molecule has 2 N–H and O–H groups in total. The van der Waals surface area contributed by atoms with E-state index in [1.54, 1.807) is 7.11 Å². The van der Waals surface area contributed by atoms with Gasteiger partial charge in [0, 0.05) is 26.3 Å². The molecule has 0 unspecified atom stereocenters. The van der Waals surface area contributed by atoms with Gasteiger partial charge in [0.25, 0.3) is 0 Å². The summed E-state index contributed by atoms with van der Waals surface area (Å²) in [4.78, 5) is 11.1. The van der Waals surface area contributed by atoms with Crippen LogP contribution in [-0.2, 0) is 9.53 Å². The Morgan fingerprint density at radius 3 is 2.75 bits per heavy atom. The quantitative estimate of drug-likeness (QED) is 0.683. The number of hydrogen-bond acceptors (Lipinski definition) is 4. The molecule has 5 heteroatoms. The summed E-state index contributed by atoms with van der Waals surface area (Å²) in [5, 5.41) is 6.11. The van der Waals surface area contributed by atoms with E-state index in [1.165, 1.54) is 6.92 Å². The van der Waals surface area contributed by atoms with Crippen LogP contribution in [0, 0.1) is 0 Å². The van der Waals surface area contributed by atoms with Gasteiger partial charge in [-0.15, -0.1) is 0 Å². The maximum Gasteiger partial charge on any atom is 0.221 e. The number of hydrogen-bond donors (Lipinski definition) is 2. The van der Waals surface area contributed by atoms with Crippen molar-refractivity contribution in [3.05, 3.63) is 18.2 Å². The molecule has 1 amide bonds. The van der Waals surface area contributed by atoms with E-state index in [1.807, 2.05) is 18.2 Å². The summed E-state index contributed by atoms with van der Waals surface area (Å²) >= 11 is 0. The monoisotopic (exact) mass is 280 g/mol. The Morgan fingerprint density at radius 2 is 2.10 bits per heavy atom.